The molecule has 2 unspecified atom stereocenters. The van der Waals surface area contributed by atoms with Gasteiger partial charge in [0.25, 0.3) is 0 Å². The Balaban J connectivity index is 2.80. The van der Waals surface area contributed by atoms with Crippen LogP contribution in [0.4, 0.5) is 0 Å². The van der Waals surface area contributed by atoms with Crippen LogP contribution in [0, 0.1) is 0 Å². The van der Waals surface area contributed by atoms with E-state index in [1.807, 2.05) is 20.9 Å². The Labute approximate surface area is 93.2 Å². The number of nitrogens with zero attached hydrogens (tertiary/aromatic N) is 1. The second-order valence-corrected chi connectivity index (χ2v) is 5.22. The van der Waals surface area contributed by atoms with Crippen molar-refractivity contribution in [2.24, 2.45) is 0 Å². The molecule has 1 aliphatic rings. The molecule has 1 N–H and O–H groups in total. The number of likely N-dealkylation sites (N-methyl/N-ethyl adjacent to an activating group) is 1. The maximum atomic E-state index is 12.3. The number of nitrogens with one attached hydrogen (secondary N) is 1. The SMILES string of the molecule is CNC(C)(C)C(=O)N1C(C)CCCC1C. The molecule has 0 bridgehead atoms. The van der Waals surface area contributed by atoms with E-state index in [-0.39, 0.29) is 5.91 Å². The molecule has 0 aromatic rings. The molecule has 0 aliphatic carbocycles. The van der Waals surface area contributed by atoms with Crippen molar-refractivity contribution in [2.45, 2.75) is 64.6 Å². The molecular weight excluding hydrogens is 188 g/mol. The molecule has 1 rings (SSSR count). The molecule has 0 radical (unpaired) electrons. The van der Waals surface area contributed by atoms with Crippen molar-refractivity contribution in [3.63, 3.8) is 0 Å². The van der Waals surface area contributed by atoms with Crippen molar-refractivity contribution in [3.8, 4) is 0 Å². The molecule has 0 saturated carbocycles. The highest BCUT2D eigenvalue weighted by atomic mass is 16.2. The summed E-state index contributed by atoms with van der Waals surface area (Å²) < 4.78 is 0. The summed E-state index contributed by atoms with van der Waals surface area (Å²) in [5, 5.41) is 3.09. The lowest BCUT2D eigenvalue weighted by atomic mass is 9.93. The molecule has 3 heteroatoms. The summed E-state index contributed by atoms with van der Waals surface area (Å²) in [5.41, 5.74) is -0.445. The van der Waals surface area contributed by atoms with Gasteiger partial charge in [-0.05, 0) is 54.0 Å². The summed E-state index contributed by atoms with van der Waals surface area (Å²) in [7, 11) is 1.84. The average molecular weight is 212 g/mol. The number of carbonyl (C=O) groups is 1. The van der Waals surface area contributed by atoms with Gasteiger partial charge >= 0.3 is 0 Å². The smallest absolute Gasteiger partial charge is 0.242 e. The first-order valence-corrected chi connectivity index (χ1v) is 5.92. The van der Waals surface area contributed by atoms with Crippen LogP contribution in [0.1, 0.15) is 47.0 Å². The largest absolute Gasteiger partial charge is 0.336 e. The fourth-order valence-electron chi connectivity index (χ4n) is 2.25. The van der Waals surface area contributed by atoms with Crippen LogP contribution in [0.25, 0.3) is 0 Å². The standard InChI is InChI=1S/C12H24N2O/c1-9-7-6-8-10(2)14(9)11(15)12(3,4)13-5/h9-10,13H,6-8H2,1-5H3. The molecule has 1 heterocycles. The van der Waals surface area contributed by atoms with Crippen LogP contribution in [0.15, 0.2) is 0 Å². The van der Waals surface area contributed by atoms with E-state index in [0.29, 0.717) is 12.1 Å². The summed E-state index contributed by atoms with van der Waals surface area (Å²) in [5.74, 6) is 0.227. The highest BCUT2D eigenvalue weighted by molar-refractivity contribution is 5.86. The Bertz CT molecular complexity index is 228. The van der Waals surface area contributed by atoms with Crippen molar-refractivity contribution >= 4 is 5.91 Å². The first-order chi connectivity index (χ1) is 6.90. The van der Waals surface area contributed by atoms with E-state index < -0.39 is 5.54 Å². The van der Waals surface area contributed by atoms with Gasteiger partial charge in [0.1, 0.15) is 0 Å². The zero-order valence-electron chi connectivity index (χ0n) is 10.6. The third kappa shape index (κ3) is 2.51. The van der Waals surface area contributed by atoms with Crippen molar-refractivity contribution in [3.05, 3.63) is 0 Å². The van der Waals surface area contributed by atoms with Gasteiger partial charge in [0.15, 0.2) is 0 Å². The first kappa shape index (κ1) is 12.5. The van der Waals surface area contributed by atoms with Gasteiger partial charge < -0.3 is 10.2 Å². The minimum Gasteiger partial charge on any atom is -0.336 e. The predicted molar refractivity (Wildman–Crippen MR) is 62.8 cm³/mol. The van der Waals surface area contributed by atoms with Crippen LogP contribution in [0.3, 0.4) is 0 Å². The van der Waals surface area contributed by atoms with E-state index in [1.54, 1.807) is 0 Å². The Morgan fingerprint density at radius 3 is 2.13 bits per heavy atom. The predicted octanol–water partition coefficient (Wildman–Crippen LogP) is 1.77. The van der Waals surface area contributed by atoms with Crippen LogP contribution in [-0.4, -0.2) is 35.5 Å². The Kier molecular flexibility index (Phi) is 3.77. The number of amides is 1. The number of hydrogen-bond acceptors (Lipinski definition) is 2. The van der Waals surface area contributed by atoms with Gasteiger partial charge in [0.05, 0.1) is 5.54 Å². The summed E-state index contributed by atoms with van der Waals surface area (Å²) in [6, 6.07) is 0.766. The van der Waals surface area contributed by atoms with Crippen molar-refractivity contribution in [1.29, 1.82) is 0 Å². The second kappa shape index (κ2) is 4.52. The Morgan fingerprint density at radius 1 is 1.27 bits per heavy atom. The lowest BCUT2D eigenvalue weighted by molar-refractivity contribution is -0.143. The van der Waals surface area contributed by atoms with E-state index in [0.717, 1.165) is 12.8 Å². The monoisotopic (exact) mass is 212 g/mol. The molecule has 2 atom stereocenters. The van der Waals surface area contributed by atoms with Gasteiger partial charge in [-0.15, -0.1) is 0 Å². The molecule has 0 aromatic heterocycles. The van der Waals surface area contributed by atoms with Crippen molar-refractivity contribution in [1.82, 2.24) is 10.2 Å². The zero-order chi connectivity index (χ0) is 11.6. The van der Waals surface area contributed by atoms with Crippen LogP contribution < -0.4 is 5.32 Å². The van der Waals surface area contributed by atoms with Crippen LogP contribution >= 0.6 is 0 Å². The molecule has 3 nitrogen and oxygen atoms in total. The number of rotatable bonds is 2. The molecule has 0 aromatic carbocycles. The van der Waals surface area contributed by atoms with Crippen molar-refractivity contribution in [2.75, 3.05) is 7.05 Å². The quantitative estimate of drug-likeness (QED) is 0.756. The molecule has 1 saturated heterocycles. The molecule has 0 spiro atoms. The van der Waals surface area contributed by atoms with Crippen molar-refractivity contribution < 1.29 is 4.79 Å². The second-order valence-electron chi connectivity index (χ2n) is 5.22. The van der Waals surface area contributed by atoms with E-state index in [9.17, 15) is 4.79 Å². The lowest BCUT2D eigenvalue weighted by Gasteiger charge is -2.43. The third-order valence-electron chi connectivity index (χ3n) is 3.59. The number of hydrogen-bond donors (Lipinski definition) is 1. The molecule has 88 valence electrons. The molecule has 1 amide bonds. The van der Waals surface area contributed by atoms with E-state index in [4.69, 9.17) is 0 Å². The number of piperidine rings is 1. The summed E-state index contributed by atoms with van der Waals surface area (Å²) in [6.45, 7) is 8.20. The minimum atomic E-state index is -0.445. The van der Waals surface area contributed by atoms with Gasteiger partial charge in [-0.1, -0.05) is 0 Å². The Morgan fingerprint density at radius 2 is 1.73 bits per heavy atom. The molecule has 1 fully saturated rings. The van der Waals surface area contributed by atoms with E-state index >= 15 is 0 Å². The van der Waals surface area contributed by atoms with E-state index in [2.05, 4.69) is 24.1 Å². The third-order valence-corrected chi connectivity index (χ3v) is 3.59. The summed E-state index contributed by atoms with van der Waals surface area (Å²) >= 11 is 0. The van der Waals surface area contributed by atoms with Gasteiger partial charge in [-0.25, -0.2) is 0 Å². The zero-order valence-corrected chi connectivity index (χ0v) is 10.6. The van der Waals surface area contributed by atoms with Crippen LogP contribution in [0.2, 0.25) is 0 Å². The minimum absolute atomic E-state index is 0.227. The van der Waals surface area contributed by atoms with Gasteiger partial charge in [0.2, 0.25) is 5.91 Å². The number of likely N-dealkylation sites (tertiary alicyclic amines) is 1. The van der Waals surface area contributed by atoms with Crippen LogP contribution in [0.5, 0.6) is 0 Å². The van der Waals surface area contributed by atoms with Gasteiger partial charge in [0, 0.05) is 12.1 Å². The highest BCUT2D eigenvalue weighted by Crippen LogP contribution is 2.25. The molecule has 1 aliphatic heterocycles. The van der Waals surface area contributed by atoms with E-state index in [1.165, 1.54) is 6.42 Å². The van der Waals surface area contributed by atoms with Crippen LogP contribution in [-0.2, 0) is 4.79 Å². The fraction of sp³-hybridized carbons (Fsp3) is 0.917. The fourth-order valence-corrected chi connectivity index (χ4v) is 2.25. The highest BCUT2D eigenvalue weighted by Gasteiger charge is 2.36. The topological polar surface area (TPSA) is 32.3 Å². The average Bonchev–Trinajstić information content (AvgIpc) is 2.17. The number of carbonyl (C=O) groups excluding carboxylic acids is 1. The van der Waals surface area contributed by atoms with Gasteiger partial charge in [-0.2, -0.15) is 0 Å². The summed E-state index contributed by atoms with van der Waals surface area (Å²) in [6.07, 6.45) is 3.51. The summed E-state index contributed by atoms with van der Waals surface area (Å²) in [4.78, 5) is 14.4. The lowest BCUT2D eigenvalue weighted by Crippen LogP contribution is -2.58. The molecular formula is C12H24N2O. The van der Waals surface area contributed by atoms with Gasteiger partial charge in [-0.3, -0.25) is 4.79 Å². The Hall–Kier alpha value is -0.570. The maximum Gasteiger partial charge on any atom is 0.242 e. The first-order valence-electron chi connectivity index (χ1n) is 5.92. The maximum absolute atomic E-state index is 12.3. The normalized spacial score (nSPS) is 27.9. The molecule has 15 heavy (non-hydrogen) atoms.